The Morgan fingerprint density at radius 2 is 2.29 bits per heavy atom. The van der Waals surface area contributed by atoms with Gasteiger partial charge >= 0.3 is 0 Å². The van der Waals surface area contributed by atoms with E-state index in [4.69, 9.17) is 22.0 Å². The van der Waals surface area contributed by atoms with E-state index in [9.17, 15) is 0 Å². The largest absolute Gasteiger partial charge is 0.392 e. The molecule has 0 aliphatic rings. The van der Waals surface area contributed by atoms with Gasteiger partial charge in [0.25, 0.3) is 0 Å². The van der Waals surface area contributed by atoms with Gasteiger partial charge in [-0.3, -0.25) is 0 Å². The summed E-state index contributed by atoms with van der Waals surface area (Å²) < 4.78 is 0.938. The van der Waals surface area contributed by atoms with Crippen LogP contribution in [0.4, 0.5) is 0 Å². The summed E-state index contributed by atoms with van der Waals surface area (Å²) >= 11 is 7.33. The van der Waals surface area contributed by atoms with Gasteiger partial charge in [0, 0.05) is 20.5 Å². The van der Waals surface area contributed by atoms with Crippen LogP contribution in [0.3, 0.4) is 0 Å². The van der Waals surface area contributed by atoms with Crippen LogP contribution in [0.25, 0.3) is 10.1 Å². The van der Waals surface area contributed by atoms with E-state index in [0.717, 1.165) is 15.6 Å². The second-order valence-electron chi connectivity index (χ2n) is 2.86. The number of fused-ring (bicyclic) bond motifs is 1. The lowest BCUT2D eigenvalue weighted by Crippen LogP contribution is -1.83. The van der Waals surface area contributed by atoms with Crippen molar-refractivity contribution in [1.29, 1.82) is 5.26 Å². The molecule has 1 aromatic carbocycles. The number of rotatable bonds is 1. The summed E-state index contributed by atoms with van der Waals surface area (Å²) in [6, 6.07) is 5.58. The molecule has 2 rings (SSSR count). The lowest BCUT2D eigenvalue weighted by atomic mass is 10.1. The Hall–Kier alpha value is -1.08. The smallest absolute Gasteiger partial charge is 0.101 e. The standard InChI is InChI=1S/C10H6ClNOS/c11-8-1-6(4-13)10-9(2-8)7(3-12)5-14-10/h1-2,5,13H,4H2. The average molecular weight is 224 g/mol. The van der Waals surface area contributed by atoms with Gasteiger partial charge in [-0.05, 0) is 17.7 Å². The second kappa shape index (κ2) is 3.58. The first kappa shape index (κ1) is 9.47. The number of halogens is 1. The lowest BCUT2D eigenvalue weighted by molar-refractivity contribution is 0.283. The Kier molecular flexibility index (Phi) is 2.42. The van der Waals surface area contributed by atoms with Crippen molar-refractivity contribution in [2.24, 2.45) is 0 Å². The monoisotopic (exact) mass is 223 g/mol. The Bertz CT molecular complexity index is 527. The number of hydrogen-bond acceptors (Lipinski definition) is 3. The summed E-state index contributed by atoms with van der Waals surface area (Å²) in [5, 5.41) is 21.1. The molecule has 0 fully saturated rings. The van der Waals surface area contributed by atoms with Crippen molar-refractivity contribution in [3.63, 3.8) is 0 Å². The zero-order valence-electron chi connectivity index (χ0n) is 7.12. The van der Waals surface area contributed by atoms with Crippen LogP contribution in [-0.4, -0.2) is 5.11 Å². The van der Waals surface area contributed by atoms with E-state index < -0.39 is 0 Å². The first-order valence-electron chi connectivity index (χ1n) is 3.97. The molecule has 0 amide bonds. The molecule has 2 nitrogen and oxygen atoms in total. The van der Waals surface area contributed by atoms with Crippen molar-refractivity contribution in [1.82, 2.24) is 0 Å². The van der Waals surface area contributed by atoms with E-state index in [1.165, 1.54) is 11.3 Å². The summed E-state index contributed by atoms with van der Waals surface area (Å²) in [4.78, 5) is 0. The number of nitrogens with zero attached hydrogens (tertiary/aromatic N) is 1. The van der Waals surface area contributed by atoms with Crippen molar-refractivity contribution in [3.8, 4) is 6.07 Å². The van der Waals surface area contributed by atoms with E-state index in [1.807, 2.05) is 0 Å². The molecule has 0 bridgehead atoms. The van der Waals surface area contributed by atoms with E-state index in [-0.39, 0.29) is 6.61 Å². The molecule has 0 unspecified atom stereocenters. The fourth-order valence-corrected chi connectivity index (χ4v) is 2.60. The van der Waals surface area contributed by atoms with Crippen LogP contribution in [0.2, 0.25) is 5.02 Å². The highest BCUT2D eigenvalue weighted by atomic mass is 35.5. The highest BCUT2D eigenvalue weighted by Crippen LogP contribution is 2.31. The molecule has 0 spiro atoms. The Labute approximate surface area is 90.0 Å². The normalized spacial score (nSPS) is 10.4. The lowest BCUT2D eigenvalue weighted by Gasteiger charge is -1.99. The molecule has 0 aliphatic heterocycles. The van der Waals surface area contributed by atoms with Crippen molar-refractivity contribution in [2.45, 2.75) is 6.61 Å². The molecule has 2 aromatic rings. The first-order chi connectivity index (χ1) is 6.76. The predicted octanol–water partition coefficient (Wildman–Crippen LogP) is 2.92. The molecule has 14 heavy (non-hydrogen) atoms. The molecule has 0 saturated heterocycles. The number of benzene rings is 1. The van der Waals surface area contributed by atoms with E-state index in [2.05, 4.69) is 6.07 Å². The number of aliphatic hydroxyl groups excluding tert-OH is 1. The minimum absolute atomic E-state index is 0.0531. The SMILES string of the molecule is N#Cc1csc2c(CO)cc(Cl)cc12. The fraction of sp³-hybridized carbons (Fsp3) is 0.100. The molecule has 0 aliphatic carbocycles. The van der Waals surface area contributed by atoms with Gasteiger partial charge < -0.3 is 5.11 Å². The molecule has 4 heteroatoms. The van der Waals surface area contributed by atoms with E-state index in [0.29, 0.717) is 10.6 Å². The van der Waals surface area contributed by atoms with Crippen LogP contribution in [0.1, 0.15) is 11.1 Å². The predicted molar refractivity (Wildman–Crippen MR) is 57.5 cm³/mol. The van der Waals surface area contributed by atoms with Gasteiger partial charge in [-0.15, -0.1) is 11.3 Å². The Morgan fingerprint density at radius 1 is 1.50 bits per heavy atom. The molecule has 0 saturated carbocycles. The summed E-state index contributed by atoms with van der Waals surface area (Å²) in [5.74, 6) is 0. The Morgan fingerprint density at radius 3 is 2.93 bits per heavy atom. The number of nitriles is 1. The highest BCUT2D eigenvalue weighted by molar-refractivity contribution is 7.17. The first-order valence-corrected chi connectivity index (χ1v) is 5.22. The minimum atomic E-state index is -0.0531. The molecule has 1 aromatic heterocycles. The van der Waals surface area contributed by atoms with Crippen LogP contribution >= 0.6 is 22.9 Å². The molecule has 0 radical (unpaired) electrons. The molecule has 0 atom stereocenters. The van der Waals surface area contributed by atoms with Crippen LogP contribution in [0.5, 0.6) is 0 Å². The summed E-state index contributed by atoms with van der Waals surface area (Å²) in [6.45, 7) is -0.0531. The highest BCUT2D eigenvalue weighted by Gasteiger charge is 2.08. The Balaban J connectivity index is 2.85. The number of aliphatic hydroxyl groups is 1. The van der Waals surface area contributed by atoms with Crippen LogP contribution in [-0.2, 0) is 6.61 Å². The van der Waals surface area contributed by atoms with Crippen LogP contribution in [0, 0.1) is 11.3 Å². The van der Waals surface area contributed by atoms with Crippen LogP contribution in [0.15, 0.2) is 17.5 Å². The van der Waals surface area contributed by atoms with Crippen LogP contribution < -0.4 is 0 Å². The minimum Gasteiger partial charge on any atom is -0.392 e. The third-order valence-electron chi connectivity index (χ3n) is 2.01. The summed E-state index contributed by atoms with van der Waals surface area (Å²) in [7, 11) is 0. The molecular formula is C10H6ClNOS. The third kappa shape index (κ3) is 1.38. The molecule has 1 heterocycles. The maximum absolute atomic E-state index is 9.11. The van der Waals surface area contributed by atoms with Gasteiger partial charge in [0.05, 0.1) is 12.2 Å². The topological polar surface area (TPSA) is 44.0 Å². The van der Waals surface area contributed by atoms with Crippen molar-refractivity contribution in [3.05, 3.63) is 33.7 Å². The zero-order chi connectivity index (χ0) is 10.1. The average Bonchev–Trinajstić information content (AvgIpc) is 2.59. The molecular weight excluding hydrogens is 218 g/mol. The second-order valence-corrected chi connectivity index (χ2v) is 4.18. The van der Waals surface area contributed by atoms with E-state index in [1.54, 1.807) is 17.5 Å². The maximum atomic E-state index is 9.11. The fourth-order valence-electron chi connectivity index (χ4n) is 1.37. The van der Waals surface area contributed by atoms with E-state index >= 15 is 0 Å². The van der Waals surface area contributed by atoms with Gasteiger partial charge in [0.2, 0.25) is 0 Å². The third-order valence-corrected chi connectivity index (χ3v) is 3.30. The van der Waals surface area contributed by atoms with Crippen molar-refractivity contribution in [2.75, 3.05) is 0 Å². The number of thiophene rings is 1. The van der Waals surface area contributed by atoms with Gasteiger partial charge in [0.15, 0.2) is 0 Å². The van der Waals surface area contributed by atoms with Crippen molar-refractivity contribution >= 4 is 33.0 Å². The maximum Gasteiger partial charge on any atom is 0.101 e. The van der Waals surface area contributed by atoms with Gasteiger partial charge in [-0.1, -0.05) is 11.6 Å². The molecule has 70 valence electrons. The van der Waals surface area contributed by atoms with Gasteiger partial charge in [-0.2, -0.15) is 5.26 Å². The summed E-state index contributed by atoms with van der Waals surface area (Å²) in [6.07, 6.45) is 0. The number of hydrogen-bond donors (Lipinski definition) is 1. The summed E-state index contributed by atoms with van der Waals surface area (Å²) in [5.41, 5.74) is 1.39. The molecule has 1 N–H and O–H groups in total. The quantitative estimate of drug-likeness (QED) is 0.808. The van der Waals surface area contributed by atoms with Crippen molar-refractivity contribution < 1.29 is 5.11 Å². The van der Waals surface area contributed by atoms with Gasteiger partial charge in [0.1, 0.15) is 6.07 Å². The zero-order valence-corrected chi connectivity index (χ0v) is 8.69. The van der Waals surface area contributed by atoms with Gasteiger partial charge in [-0.25, -0.2) is 0 Å².